The van der Waals surface area contributed by atoms with Gasteiger partial charge in [0.05, 0.1) is 0 Å². The van der Waals surface area contributed by atoms with E-state index in [-0.39, 0.29) is 0 Å². The molecule has 3 nitrogen and oxygen atoms in total. The number of benzene rings is 1. The molecule has 75 valence electrons. The number of hydrogen-bond donors (Lipinski definition) is 0. The normalized spacial score (nSPS) is 10.8. The van der Waals surface area contributed by atoms with Crippen molar-refractivity contribution < 1.29 is 14.3 Å². The number of carbonyl (C=O) groups excluding carboxylic acids is 1. The van der Waals surface area contributed by atoms with E-state index in [1.54, 1.807) is 45.0 Å². The Morgan fingerprint density at radius 2 is 2.07 bits per heavy atom. The summed E-state index contributed by atoms with van der Waals surface area (Å²) < 4.78 is 9.83. The minimum absolute atomic E-state index is 0.363. The van der Waals surface area contributed by atoms with Gasteiger partial charge in [0.25, 0.3) is 0 Å². The minimum Gasteiger partial charge on any atom is -0.428 e. The number of rotatable bonds is 1. The van der Waals surface area contributed by atoms with Gasteiger partial charge in [-0.05, 0) is 26.8 Å². The maximum Gasteiger partial charge on any atom is 0.514 e. The third kappa shape index (κ3) is 3.94. The maximum atomic E-state index is 11.2. The van der Waals surface area contributed by atoms with Gasteiger partial charge in [-0.2, -0.15) is 0 Å². The summed E-state index contributed by atoms with van der Waals surface area (Å²) in [5.74, 6) is 0.363. The molecule has 0 aliphatic carbocycles. The molecule has 0 heterocycles. The van der Waals surface area contributed by atoms with Gasteiger partial charge in [-0.3, -0.25) is 0 Å². The van der Waals surface area contributed by atoms with Crippen LogP contribution in [0, 0.1) is 6.07 Å². The first kappa shape index (κ1) is 10.6. The molecule has 1 radical (unpaired) electrons. The molecule has 0 N–H and O–H groups in total. The second-order valence-electron chi connectivity index (χ2n) is 3.79. The molecule has 0 unspecified atom stereocenters. The number of hydrogen-bond acceptors (Lipinski definition) is 3. The van der Waals surface area contributed by atoms with Crippen LogP contribution in [0.25, 0.3) is 0 Å². The summed E-state index contributed by atoms with van der Waals surface area (Å²) in [5.41, 5.74) is -0.536. The smallest absolute Gasteiger partial charge is 0.428 e. The fourth-order valence-electron chi connectivity index (χ4n) is 0.801. The van der Waals surface area contributed by atoms with E-state index in [0.717, 1.165) is 0 Å². The Bertz CT molecular complexity index is 298. The zero-order valence-corrected chi connectivity index (χ0v) is 8.53. The highest BCUT2D eigenvalue weighted by Gasteiger charge is 2.17. The molecule has 1 aromatic carbocycles. The fraction of sp³-hybridized carbons (Fsp3) is 0.364. The van der Waals surface area contributed by atoms with Gasteiger partial charge in [-0.1, -0.05) is 18.2 Å². The van der Waals surface area contributed by atoms with Crippen LogP contribution in [0.5, 0.6) is 5.75 Å². The molecule has 0 aromatic heterocycles. The lowest BCUT2D eigenvalue weighted by atomic mass is 10.2. The van der Waals surface area contributed by atoms with E-state index in [1.807, 2.05) is 0 Å². The zero-order chi connectivity index (χ0) is 10.6. The Kier molecular flexibility index (Phi) is 3.12. The topological polar surface area (TPSA) is 35.5 Å². The first-order valence-corrected chi connectivity index (χ1v) is 4.35. The average molecular weight is 193 g/mol. The number of ether oxygens (including phenoxy) is 2. The molecular formula is C11H13O3. The largest absolute Gasteiger partial charge is 0.514 e. The minimum atomic E-state index is -0.708. The highest BCUT2D eigenvalue weighted by atomic mass is 16.7. The Balaban J connectivity index is 2.50. The van der Waals surface area contributed by atoms with Gasteiger partial charge in [0, 0.05) is 6.07 Å². The van der Waals surface area contributed by atoms with Gasteiger partial charge in [-0.25, -0.2) is 4.79 Å². The summed E-state index contributed by atoms with van der Waals surface area (Å²) in [7, 11) is 0. The van der Waals surface area contributed by atoms with Crippen molar-refractivity contribution in [3.63, 3.8) is 0 Å². The third-order valence-electron chi connectivity index (χ3n) is 1.26. The second-order valence-corrected chi connectivity index (χ2v) is 3.79. The van der Waals surface area contributed by atoms with Gasteiger partial charge < -0.3 is 9.47 Å². The quantitative estimate of drug-likeness (QED) is 0.508. The van der Waals surface area contributed by atoms with Crippen molar-refractivity contribution in [1.82, 2.24) is 0 Å². The van der Waals surface area contributed by atoms with Crippen molar-refractivity contribution in [2.45, 2.75) is 26.4 Å². The highest BCUT2D eigenvalue weighted by Crippen LogP contribution is 2.12. The molecule has 14 heavy (non-hydrogen) atoms. The van der Waals surface area contributed by atoms with Crippen LogP contribution in [0.3, 0.4) is 0 Å². The van der Waals surface area contributed by atoms with E-state index in [1.165, 1.54) is 0 Å². The van der Waals surface area contributed by atoms with Crippen molar-refractivity contribution in [3.8, 4) is 5.75 Å². The molecule has 0 spiro atoms. The molecule has 0 atom stereocenters. The Labute approximate surface area is 83.6 Å². The molecule has 0 amide bonds. The number of para-hydroxylation sites is 1. The predicted molar refractivity (Wildman–Crippen MR) is 52.1 cm³/mol. The first-order chi connectivity index (χ1) is 6.47. The predicted octanol–water partition coefficient (Wildman–Crippen LogP) is 2.80. The maximum absolute atomic E-state index is 11.2. The van der Waals surface area contributed by atoms with E-state index < -0.39 is 11.8 Å². The summed E-state index contributed by atoms with van der Waals surface area (Å²) in [5, 5.41) is 0. The molecule has 1 aromatic rings. The molecule has 0 aliphatic heterocycles. The van der Waals surface area contributed by atoms with Crippen molar-refractivity contribution in [2.24, 2.45) is 0 Å². The Morgan fingerprint density at radius 3 is 2.57 bits per heavy atom. The third-order valence-corrected chi connectivity index (χ3v) is 1.26. The molecule has 0 fully saturated rings. The van der Waals surface area contributed by atoms with Crippen LogP contribution < -0.4 is 4.74 Å². The van der Waals surface area contributed by atoms with Crippen molar-refractivity contribution >= 4 is 6.16 Å². The van der Waals surface area contributed by atoms with E-state index in [2.05, 4.69) is 6.07 Å². The first-order valence-electron chi connectivity index (χ1n) is 4.35. The van der Waals surface area contributed by atoms with Gasteiger partial charge in [0.2, 0.25) is 0 Å². The fourth-order valence-corrected chi connectivity index (χ4v) is 0.801. The lowest BCUT2D eigenvalue weighted by Crippen LogP contribution is -2.25. The molecule has 0 bridgehead atoms. The van der Waals surface area contributed by atoms with Crippen LogP contribution in [0.2, 0.25) is 0 Å². The van der Waals surface area contributed by atoms with Gasteiger partial charge in [-0.15, -0.1) is 0 Å². The molecule has 0 saturated carbocycles. The second kappa shape index (κ2) is 4.13. The van der Waals surface area contributed by atoms with Gasteiger partial charge in [0.15, 0.2) is 0 Å². The molecule has 1 rings (SSSR count). The van der Waals surface area contributed by atoms with Crippen LogP contribution in [-0.2, 0) is 4.74 Å². The molecular weight excluding hydrogens is 180 g/mol. The molecule has 0 saturated heterocycles. The lowest BCUT2D eigenvalue weighted by Gasteiger charge is -2.18. The highest BCUT2D eigenvalue weighted by molar-refractivity contribution is 5.64. The van der Waals surface area contributed by atoms with Gasteiger partial charge in [0.1, 0.15) is 11.4 Å². The van der Waals surface area contributed by atoms with Crippen LogP contribution in [-0.4, -0.2) is 11.8 Å². The van der Waals surface area contributed by atoms with Gasteiger partial charge >= 0.3 is 6.16 Å². The van der Waals surface area contributed by atoms with E-state index in [9.17, 15) is 4.79 Å². The SMILES string of the molecule is CC(C)(C)OC(=O)Oc1[c]cccc1. The Morgan fingerprint density at radius 1 is 1.36 bits per heavy atom. The van der Waals surface area contributed by atoms with E-state index >= 15 is 0 Å². The molecule has 0 aliphatic rings. The summed E-state index contributed by atoms with van der Waals surface area (Å²) in [4.78, 5) is 11.2. The van der Waals surface area contributed by atoms with Crippen LogP contribution in [0.15, 0.2) is 24.3 Å². The van der Waals surface area contributed by atoms with Crippen LogP contribution in [0.4, 0.5) is 4.79 Å². The van der Waals surface area contributed by atoms with Crippen molar-refractivity contribution in [2.75, 3.05) is 0 Å². The van der Waals surface area contributed by atoms with E-state index in [0.29, 0.717) is 5.75 Å². The molecule has 3 heteroatoms. The lowest BCUT2D eigenvalue weighted by molar-refractivity contribution is 0.0206. The van der Waals surface area contributed by atoms with Crippen molar-refractivity contribution in [3.05, 3.63) is 30.3 Å². The van der Waals surface area contributed by atoms with E-state index in [4.69, 9.17) is 9.47 Å². The summed E-state index contributed by atoms with van der Waals surface area (Å²) in [6, 6.07) is 9.62. The summed E-state index contributed by atoms with van der Waals surface area (Å²) in [6.45, 7) is 5.34. The standard InChI is InChI=1S/C11H13O3/c1-11(2,3)14-10(12)13-9-7-5-4-6-8-9/h4-7H,1-3H3. The number of carbonyl (C=O) groups is 1. The van der Waals surface area contributed by atoms with Crippen molar-refractivity contribution in [1.29, 1.82) is 0 Å². The zero-order valence-electron chi connectivity index (χ0n) is 8.53. The summed E-state index contributed by atoms with van der Waals surface area (Å²) in [6.07, 6.45) is -0.708. The summed E-state index contributed by atoms with van der Waals surface area (Å²) >= 11 is 0. The van der Waals surface area contributed by atoms with Crippen LogP contribution >= 0.6 is 0 Å². The van der Waals surface area contributed by atoms with Crippen LogP contribution in [0.1, 0.15) is 20.8 Å². The monoisotopic (exact) mass is 193 g/mol. The average Bonchev–Trinajstić information content (AvgIpc) is 2.02. The Hall–Kier alpha value is -1.51.